The van der Waals surface area contributed by atoms with Gasteiger partial charge in [0.25, 0.3) is 11.6 Å². The molecule has 128 valence electrons. The third-order valence-corrected chi connectivity index (χ3v) is 4.44. The molecule has 0 saturated carbocycles. The van der Waals surface area contributed by atoms with Crippen molar-refractivity contribution in [3.8, 4) is 0 Å². The monoisotopic (exact) mass is 340 g/mol. The SMILES string of the molecule is O=C(O)C1CCN(C(=O)c2ccccc2)C1c1ccc([N+](=O)[O-])cc1. The molecule has 1 saturated heterocycles. The van der Waals surface area contributed by atoms with Crippen LogP contribution in [0.15, 0.2) is 54.6 Å². The zero-order valence-electron chi connectivity index (χ0n) is 13.2. The summed E-state index contributed by atoms with van der Waals surface area (Å²) in [5.74, 6) is -1.96. The van der Waals surface area contributed by atoms with Crippen molar-refractivity contribution < 1.29 is 19.6 Å². The molecule has 1 heterocycles. The van der Waals surface area contributed by atoms with Crippen LogP contribution in [0.1, 0.15) is 28.4 Å². The molecule has 0 aliphatic carbocycles. The summed E-state index contributed by atoms with van der Waals surface area (Å²) in [6.45, 7) is 0.326. The first kappa shape index (κ1) is 16.6. The second-order valence-electron chi connectivity index (χ2n) is 5.89. The molecule has 0 radical (unpaired) electrons. The average Bonchev–Trinajstić information content (AvgIpc) is 3.07. The molecule has 25 heavy (non-hydrogen) atoms. The molecule has 7 heteroatoms. The molecule has 3 rings (SSSR count). The second-order valence-corrected chi connectivity index (χ2v) is 5.89. The van der Waals surface area contributed by atoms with E-state index in [1.807, 2.05) is 0 Å². The van der Waals surface area contributed by atoms with Crippen molar-refractivity contribution in [3.63, 3.8) is 0 Å². The molecule has 1 aliphatic heterocycles. The molecule has 0 spiro atoms. The minimum Gasteiger partial charge on any atom is -0.481 e. The molecule has 7 nitrogen and oxygen atoms in total. The summed E-state index contributed by atoms with van der Waals surface area (Å²) < 4.78 is 0. The van der Waals surface area contributed by atoms with Crippen molar-refractivity contribution >= 4 is 17.6 Å². The lowest BCUT2D eigenvalue weighted by Crippen LogP contribution is -2.33. The molecule has 1 fully saturated rings. The first-order chi connectivity index (χ1) is 12.0. The van der Waals surface area contributed by atoms with Gasteiger partial charge in [0.2, 0.25) is 0 Å². The maximum absolute atomic E-state index is 12.8. The molecule has 0 aromatic heterocycles. The Labute approximate surface area is 143 Å². The standard InChI is InChI=1S/C18H16N2O5/c21-17(13-4-2-1-3-5-13)19-11-10-15(18(22)23)16(19)12-6-8-14(9-7-12)20(24)25/h1-9,15-16H,10-11H2,(H,22,23). The topological polar surface area (TPSA) is 101 Å². The Morgan fingerprint density at radius 2 is 1.72 bits per heavy atom. The van der Waals surface area contributed by atoms with Gasteiger partial charge in [-0.25, -0.2) is 0 Å². The molecule has 2 aromatic carbocycles. The summed E-state index contributed by atoms with van der Waals surface area (Å²) in [6, 6.07) is 13.7. The highest BCUT2D eigenvalue weighted by molar-refractivity contribution is 5.95. The number of carbonyl (C=O) groups is 2. The fraction of sp³-hybridized carbons (Fsp3) is 0.222. The van der Waals surface area contributed by atoms with Gasteiger partial charge in [-0.2, -0.15) is 0 Å². The van der Waals surface area contributed by atoms with E-state index >= 15 is 0 Å². The summed E-state index contributed by atoms with van der Waals surface area (Å²) in [5.41, 5.74) is 0.995. The number of likely N-dealkylation sites (tertiary alicyclic amines) is 1. The van der Waals surface area contributed by atoms with E-state index in [1.54, 1.807) is 30.3 Å². The maximum atomic E-state index is 12.8. The van der Waals surface area contributed by atoms with Crippen molar-refractivity contribution in [2.75, 3.05) is 6.54 Å². The summed E-state index contributed by atoms with van der Waals surface area (Å²) >= 11 is 0. The Bertz CT molecular complexity index is 804. The summed E-state index contributed by atoms with van der Waals surface area (Å²) in [5, 5.41) is 20.3. The number of nitro groups is 1. The fourth-order valence-electron chi connectivity index (χ4n) is 3.23. The van der Waals surface area contributed by atoms with Crippen LogP contribution in [0.3, 0.4) is 0 Å². The van der Waals surface area contributed by atoms with Crippen LogP contribution in [0, 0.1) is 16.0 Å². The van der Waals surface area contributed by atoms with Crippen molar-refractivity contribution in [3.05, 3.63) is 75.8 Å². The largest absolute Gasteiger partial charge is 0.481 e. The molecule has 2 atom stereocenters. The van der Waals surface area contributed by atoms with Crippen LogP contribution in [-0.4, -0.2) is 33.4 Å². The van der Waals surface area contributed by atoms with Gasteiger partial charge in [0.15, 0.2) is 0 Å². The highest BCUT2D eigenvalue weighted by atomic mass is 16.6. The summed E-state index contributed by atoms with van der Waals surface area (Å²) in [7, 11) is 0. The highest BCUT2D eigenvalue weighted by Crippen LogP contribution is 2.38. The number of hydrogen-bond acceptors (Lipinski definition) is 4. The van der Waals surface area contributed by atoms with Gasteiger partial charge in [0.05, 0.1) is 16.9 Å². The van der Waals surface area contributed by atoms with Crippen LogP contribution < -0.4 is 0 Å². The number of amides is 1. The summed E-state index contributed by atoms with van der Waals surface area (Å²) in [4.78, 5) is 36.3. The number of hydrogen-bond donors (Lipinski definition) is 1. The van der Waals surface area contributed by atoms with Crippen LogP contribution in [0.25, 0.3) is 0 Å². The van der Waals surface area contributed by atoms with E-state index in [0.717, 1.165) is 0 Å². The molecule has 0 bridgehead atoms. The van der Waals surface area contributed by atoms with Crippen LogP contribution in [0.4, 0.5) is 5.69 Å². The predicted molar refractivity (Wildman–Crippen MR) is 89.1 cm³/mol. The van der Waals surface area contributed by atoms with E-state index < -0.39 is 22.9 Å². The lowest BCUT2D eigenvalue weighted by atomic mass is 9.93. The maximum Gasteiger partial charge on any atom is 0.309 e. The molecule has 2 unspecified atom stereocenters. The normalized spacial score (nSPS) is 19.6. The number of carbonyl (C=O) groups excluding carboxylic acids is 1. The van der Waals surface area contributed by atoms with Crippen LogP contribution in [0.5, 0.6) is 0 Å². The number of carboxylic acids is 1. The highest BCUT2D eigenvalue weighted by Gasteiger charge is 2.42. The molecule has 1 amide bonds. The van der Waals surface area contributed by atoms with Crippen molar-refractivity contribution in [1.82, 2.24) is 4.90 Å². The van der Waals surface area contributed by atoms with Gasteiger partial charge in [-0.3, -0.25) is 19.7 Å². The van der Waals surface area contributed by atoms with Gasteiger partial charge in [-0.15, -0.1) is 0 Å². The Morgan fingerprint density at radius 1 is 1.08 bits per heavy atom. The third kappa shape index (κ3) is 3.21. The van der Waals surface area contributed by atoms with Gasteiger partial charge in [0, 0.05) is 24.2 Å². The Hall–Kier alpha value is -3.22. The minimum absolute atomic E-state index is 0.0745. The molecule has 2 aromatic rings. The molecule has 1 aliphatic rings. The zero-order chi connectivity index (χ0) is 18.0. The van der Waals surface area contributed by atoms with E-state index in [2.05, 4.69) is 0 Å². The van der Waals surface area contributed by atoms with Gasteiger partial charge >= 0.3 is 5.97 Å². The van der Waals surface area contributed by atoms with Crippen LogP contribution in [-0.2, 0) is 4.79 Å². The van der Waals surface area contributed by atoms with Crippen LogP contribution in [0.2, 0.25) is 0 Å². The predicted octanol–water partition coefficient (Wildman–Crippen LogP) is 2.88. The van der Waals surface area contributed by atoms with Crippen molar-refractivity contribution in [1.29, 1.82) is 0 Å². The lowest BCUT2D eigenvalue weighted by molar-refractivity contribution is -0.384. The van der Waals surface area contributed by atoms with Crippen molar-refractivity contribution in [2.24, 2.45) is 5.92 Å². The third-order valence-electron chi connectivity index (χ3n) is 4.44. The number of rotatable bonds is 4. The lowest BCUT2D eigenvalue weighted by Gasteiger charge is -2.27. The number of carboxylic acid groups (broad SMARTS) is 1. The van der Waals surface area contributed by atoms with E-state index in [1.165, 1.54) is 29.2 Å². The van der Waals surface area contributed by atoms with Gasteiger partial charge < -0.3 is 10.0 Å². The smallest absolute Gasteiger partial charge is 0.309 e. The number of benzene rings is 2. The van der Waals surface area contributed by atoms with Crippen LogP contribution >= 0.6 is 0 Å². The van der Waals surface area contributed by atoms with Gasteiger partial charge in [-0.05, 0) is 24.1 Å². The summed E-state index contributed by atoms with van der Waals surface area (Å²) in [6.07, 6.45) is 0.343. The Kier molecular flexibility index (Phi) is 4.47. The van der Waals surface area contributed by atoms with E-state index in [-0.39, 0.29) is 11.6 Å². The zero-order valence-corrected chi connectivity index (χ0v) is 13.2. The molecular weight excluding hydrogens is 324 g/mol. The average molecular weight is 340 g/mol. The van der Waals surface area contributed by atoms with E-state index in [0.29, 0.717) is 24.1 Å². The van der Waals surface area contributed by atoms with Gasteiger partial charge in [0.1, 0.15) is 0 Å². The minimum atomic E-state index is -0.980. The van der Waals surface area contributed by atoms with Crippen molar-refractivity contribution in [2.45, 2.75) is 12.5 Å². The van der Waals surface area contributed by atoms with Gasteiger partial charge in [-0.1, -0.05) is 30.3 Å². The Morgan fingerprint density at radius 3 is 2.28 bits per heavy atom. The second kappa shape index (κ2) is 6.72. The number of nitrogens with zero attached hydrogens (tertiary/aromatic N) is 2. The first-order valence-electron chi connectivity index (χ1n) is 7.82. The molecule has 1 N–H and O–H groups in total. The number of nitro benzene ring substituents is 1. The molecular formula is C18H16N2O5. The quantitative estimate of drug-likeness (QED) is 0.681. The Balaban J connectivity index is 1.96. The fourth-order valence-corrected chi connectivity index (χ4v) is 3.23. The number of aliphatic carboxylic acids is 1. The first-order valence-corrected chi connectivity index (χ1v) is 7.82. The number of non-ortho nitro benzene ring substituents is 1. The van der Waals surface area contributed by atoms with E-state index in [9.17, 15) is 24.8 Å². The van der Waals surface area contributed by atoms with E-state index in [4.69, 9.17) is 0 Å².